The Labute approximate surface area is 110 Å². The topological polar surface area (TPSA) is 115 Å². The summed E-state index contributed by atoms with van der Waals surface area (Å²) in [5.41, 5.74) is 10.9. The second kappa shape index (κ2) is 6.07. The van der Waals surface area contributed by atoms with E-state index in [1.165, 1.54) is 30.0 Å². The monoisotopic (exact) mass is 289 g/mol. The maximum absolute atomic E-state index is 11.9. The highest BCUT2D eigenvalue weighted by atomic mass is 32.2. The highest BCUT2D eigenvalue weighted by Crippen LogP contribution is 2.19. The van der Waals surface area contributed by atoms with Crippen molar-refractivity contribution in [3.8, 4) is 0 Å². The van der Waals surface area contributed by atoms with Crippen LogP contribution >= 0.6 is 11.8 Å². The van der Waals surface area contributed by atoms with Gasteiger partial charge in [0.05, 0.1) is 5.69 Å². The van der Waals surface area contributed by atoms with Gasteiger partial charge in [0.25, 0.3) is 0 Å². The Kier molecular flexibility index (Phi) is 5.00. The molecule has 0 aliphatic heterocycles. The van der Waals surface area contributed by atoms with E-state index in [9.17, 15) is 13.2 Å². The summed E-state index contributed by atoms with van der Waals surface area (Å²) in [7, 11) is -3.65. The molecular weight excluding hydrogens is 274 g/mol. The minimum Gasteiger partial charge on any atom is -0.398 e. The van der Waals surface area contributed by atoms with Gasteiger partial charge in [0.1, 0.15) is 4.90 Å². The molecule has 100 valence electrons. The van der Waals surface area contributed by atoms with Gasteiger partial charge >= 0.3 is 0 Å². The van der Waals surface area contributed by atoms with Crippen LogP contribution in [0.25, 0.3) is 0 Å². The summed E-state index contributed by atoms with van der Waals surface area (Å²) in [4.78, 5) is 10.9. The van der Waals surface area contributed by atoms with E-state index in [2.05, 4.69) is 4.72 Å². The quantitative estimate of drug-likeness (QED) is 0.504. The van der Waals surface area contributed by atoms with Gasteiger partial charge in [0.15, 0.2) is 0 Å². The fourth-order valence-electron chi connectivity index (χ4n) is 1.30. The van der Waals surface area contributed by atoms with Crippen molar-refractivity contribution in [2.75, 3.05) is 24.3 Å². The van der Waals surface area contributed by atoms with Gasteiger partial charge in [0, 0.05) is 17.9 Å². The van der Waals surface area contributed by atoms with Crippen LogP contribution < -0.4 is 16.2 Å². The molecule has 1 amide bonds. The summed E-state index contributed by atoms with van der Waals surface area (Å²) in [6.07, 6.45) is 1.88. The summed E-state index contributed by atoms with van der Waals surface area (Å²) in [5, 5.41) is 0. The molecular formula is C10H15N3O3S2. The van der Waals surface area contributed by atoms with Gasteiger partial charge in [-0.25, -0.2) is 13.1 Å². The van der Waals surface area contributed by atoms with Crippen molar-refractivity contribution in [2.24, 2.45) is 5.73 Å². The molecule has 18 heavy (non-hydrogen) atoms. The first-order valence-corrected chi connectivity index (χ1v) is 7.94. The van der Waals surface area contributed by atoms with Crippen molar-refractivity contribution in [3.05, 3.63) is 23.8 Å². The van der Waals surface area contributed by atoms with Crippen molar-refractivity contribution < 1.29 is 13.2 Å². The molecule has 0 aromatic heterocycles. The number of carbonyl (C=O) groups excluding carboxylic acids is 1. The van der Waals surface area contributed by atoms with Crippen LogP contribution in [-0.2, 0) is 10.0 Å². The number of sulfonamides is 1. The number of nitrogens with two attached hydrogens (primary N) is 2. The van der Waals surface area contributed by atoms with Crippen LogP contribution in [0.1, 0.15) is 10.4 Å². The SMILES string of the molecule is CSCCNS(=O)(=O)c1ccc(C(N)=O)cc1N. The standard InChI is InChI=1S/C10H15N3O3S2/c1-17-5-4-13-18(15,16)9-3-2-7(10(12)14)6-8(9)11/h2-3,6,13H,4-5,11H2,1H3,(H2,12,14). The van der Waals surface area contributed by atoms with Crippen LogP contribution in [0.4, 0.5) is 5.69 Å². The van der Waals surface area contributed by atoms with Crippen molar-refractivity contribution >= 4 is 33.4 Å². The zero-order chi connectivity index (χ0) is 13.8. The number of nitrogen functional groups attached to an aromatic ring is 1. The first kappa shape index (κ1) is 14.8. The lowest BCUT2D eigenvalue weighted by Crippen LogP contribution is -2.27. The smallest absolute Gasteiger partial charge is 0.248 e. The zero-order valence-corrected chi connectivity index (χ0v) is 11.5. The first-order chi connectivity index (χ1) is 8.38. The van der Waals surface area contributed by atoms with E-state index in [-0.39, 0.29) is 16.1 Å². The Hall–Kier alpha value is -1.25. The summed E-state index contributed by atoms with van der Waals surface area (Å²) in [6.45, 7) is 0.320. The molecule has 0 bridgehead atoms. The Morgan fingerprint density at radius 2 is 2.11 bits per heavy atom. The minimum absolute atomic E-state index is 0.00273. The molecule has 0 fully saturated rings. The molecule has 0 unspecified atom stereocenters. The molecule has 0 aliphatic rings. The molecule has 1 aromatic rings. The predicted octanol–water partition coefficient (Wildman–Crippen LogP) is 0.00900. The third-order valence-corrected chi connectivity index (χ3v) is 4.33. The lowest BCUT2D eigenvalue weighted by molar-refractivity contribution is 0.1000. The first-order valence-electron chi connectivity index (χ1n) is 5.06. The Morgan fingerprint density at radius 1 is 1.44 bits per heavy atom. The highest BCUT2D eigenvalue weighted by molar-refractivity contribution is 7.98. The van der Waals surface area contributed by atoms with Crippen LogP contribution in [0.15, 0.2) is 23.1 Å². The number of benzene rings is 1. The molecule has 0 radical (unpaired) electrons. The molecule has 6 nitrogen and oxygen atoms in total. The zero-order valence-electron chi connectivity index (χ0n) is 9.84. The summed E-state index contributed by atoms with van der Waals surface area (Å²) in [6, 6.07) is 3.87. The second-order valence-corrected chi connectivity index (χ2v) is 6.23. The third-order valence-electron chi connectivity index (χ3n) is 2.18. The largest absolute Gasteiger partial charge is 0.398 e. The van der Waals surface area contributed by atoms with Gasteiger partial charge in [-0.05, 0) is 24.5 Å². The predicted molar refractivity (Wildman–Crippen MR) is 72.9 cm³/mol. The minimum atomic E-state index is -3.65. The maximum atomic E-state index is 11.9. The molecule has 0 saturated carbocycles. The molecule has 0 spiro atoms. The van der Waals surface area contributed by atoms with Gasteiger partial charge in [-0.3, -0.25) is 4.79 Å². The number of nitrogens with one attached hydrogen (secondary N) is 1. The number of primary amides is 1. The van der Waals surface area contributed by atoms with Gasteiger partial charge in [-0.15, -0.1) is 0 Å². The van der Waals surface area contributed by atoms with E-state index in [4.69, 9.17) is 11.5 Å². The molecule has 0 saturated heterocycles. The van der Waals surface area contributed by atoms with E-state index in [0.29, 0.717) is 12.3 Å². The average molecular weight is 289 g/mol. The van der Waals surface area contributed by atoms with Crippen LogP contribution in [-0.4, -0.2) is 32.9 Å². The lowest BCUT2D eigenvalue weighted by atomic mass is 10.2. The normalized spacial score (nSPS) is 11.4. The van der Waals surface area contributed by atoms with E-state index >= 15 is 0 Å². The van der Waals surface area contributed by atoms with E-state index in [1.54, 1.807) is 0 Å². The third kappa shape index (κ3) is 3.62. The van der Waals surface area contributed by atoms with E-state index in [1.807, 2.05) is 6.26 Å². The second-order valence-electron chi connectivity index (χ2n) is 3.51. The molecule has 1 rings (SSSR count). The number of anilines is 1. The highest BCUT2D eigenvalue weighted by Gasteiger charge is 2.17. The molecule has 8 heteroatoms. The summed E-state index contributed by atoms with van der Waals surface area (Å²) < 4.78 is 26.2. The Bertz CT molecular complexity index is 543. The van der Waals surface area contributed by atoms with Crippen LogP contribution in [0.5, 0.6) is 0 Å². The lowest BCUT2D eigenvalue weighted by Gasteiger charge is -2.09. The van der Waals surface area contributed by atoms with Gasteiger partial charge in [0.2, 0.25) is 15.9 Å². The van der Waals surface area contributed by atoms with Crippen molar-refractivity contribution in [1.82, 2.24) is 4.72 Å². The molecule has 0 heterocycles. The van der Waals surface area contributed by atoms with Crippen LogP contribution in [0.2, 0.25) is 0 Å². The number of amides is 1. The Morgan fingerprint density at radius 3 is 2.61 bits per heavy atom. The molecule has 1 aromatic carbocycles. The van der Waals surface area contributed by atoms with Crippen molar-refractivity contribution in [2.45, 2.75) is 4.90 Å². The van der Waals surface area contributed by atoms with Crippen molar-refractivity contribution in [3.63, 3.8) is 0 Å². The average Bonchev–Trinajstić information content (AvgIpc) is 2.28. The van der Waals surface area contributed by atoms with Crippen LogP contribution in [0.3, 0.4) is 0 Å². The summed E-state index contributed by atoms with van der Waals surface area (Å²) in [5.74, 6) is 0.0133. The van der Waals surface area contributed by atoms with Gasteiger partial charge in [-0.1, -0.05) is 0 Å². The summed E-state index contributed by atoms with van der Waals surface area (Å²) >= 11 is 1.53. The van der Waals surface area contributed by atoms with Crippen LogP contribution in [0, 0.1) is 0 Å². The van der Waals surface area contributed by atoms with Gasteiger partial charge in [-0.2, -0.15) is 11.8 Å². The fourth-order valence-corrected chi connectivity index (χ4v) is 2.88. The maximum Gasteiger partial charge on any atom is 0.248 e. The Balaban J connectivity index is 2.99. The number of hydrogen-bond donors (Lipinski definition) is 3. The molecule has 5 N–H and O–H groups in total. The molecule has 0 atom stereocenters. The number of carbonyl (C=O) groups is 1. The number of rotatable bonds is 6. The van der Waals surface area contributed by atoms with E-state index < -0.39 is 15.9 Å². The van der Waals surface area contributed by atoms with Crippen molar-refractivity contribution in [1.29, 1.82) is 0 Å². The number of thioether (sulfide) groups is 1. The molecule has 0 aliphatic carbocycles. The van der Waals surface area contributed by atoms with Gasteiger partial charge < -0.3 is 11.5 Å². The fraction of sp³-hybridized carbons (Fsp3) is 0.300. The number of hydrogen-bond acceptors (Lipinski definition) is 5. The van der Waals surface area contributed by atoms with E-state index in [0.717, 1.165) is 0 Å².